The quantitative estimate of drug-likeness (QED) is 0.706. The Labute approximate surface area is 154 Å². The lowest BCUT2D eigenvalue weighted by Crippen LogP contribution is -2.23. The Morgan fingerprint density at radius 3 is 2.50 bits per heavy atom. The van der Waals surface area contributed by atoms with E-state index >= 15 is 0 Å². The van der Waals surface area contributed by atoms with Gasteiger partial charge in [0.15, 0.2) is 0 Å². The minimum Gasteiger partial charge on any atom is -0.353 e. The number of amides is 1. The largest absolute Gasteiger partial charge is 0.353 e. The van der Waals surface area contributed by atoms with Gasteiger partial charge in [-0.25, -0.2) is 4.98 Å². The van der Waals surface area contributed by atoms with E-state index in [1.54, 1.807) is 6.20 Å². The van der Waals surface area contributed by atoms with Gasteiger partial charge in [-0.1, -0.05) is 48.0 Å². The van der Waals surface area contributed by atoms with E-state index in [1.807, 2.05) is 61.5 Å². The van der Waals surface area contributed by atoms with E-state index in [4.69, 9.17) is 0 Å². The summed E-state index contributed by atoms with van der Waals surface area (Å²) in [5, 5.41) is 2.90. The third kappa shape index (κ3) is 4.48. The van der Waals surface area contributed by atoms with Crippen molar-refractivity contribution in [1.29, 1.82) is 0 Å². The van der Waals surface area contributed by atoms with Crippen molar-refractivity contribution in [2.24, 2.45) is 0 Å². The summed E-state index contributed by atoms with van der Waals surface area (Å²) < 4.78 is 0. The number of hydrogen-bond donors (Lipinski definition) is 1. The van der Waals surface area contributed by atoms with Crippen LogP contribution in [0.3, 0.4) is 0 Å². The maximum absolute atomic E-state index is 12.3. The Hall–Kier alpha value is -3.14. The molecule has 0 fully saturated rings. The van der Waals surface area contributed by atoms with Crippen LogP contribution in [0.4, 0.5) is 11.5 Å². The van der Waals surface area contributed by atoms with Gasteiger partial charge in [-0.05, 0) is 43.7 Å². The second-order valence-corrected chi connectivity index (χ2v) is 6.23. The molecule has 0 radical (unpaired) electrons. The number of hydrogen-bond acceptors (Lipinski definition) is 3. The molecule has 4 nitrogen and oxygen atoms in total. The molecule has 1 amide bonds. The molecule has 2 aromatic carbocycles. The molecule has 0 saturated carbocycles. The van der Waals surface area contributed by atoms with Crippen molar-refractivity contribution in [3.05, 3.63) is 89.6 Å². The molecule has 0 aliphatic rings. The number of nitrogens with zero attached hydrogens (tertiary/aromatic N) is 2. The van der Waals surface area contributed by atoms with E-state index in [0.29, 0.717) is 11.3 Å². The van der Waals surface area contributed by atoms with Crippen LogP contribution >= 0.6 is 0 Å². The molecule has 4 heteroatoms. The van der Waals surface area contributed by atoms with Crippen molar-refractivity contribution in [2.75, 3.05) is 16.8 Å². The number of rotatable bonds is 6. The SMILES string of the molecule is CCN(Cc1ccccc1)c1ccc(NC(=O)c2cccc(C)c2)cn1. The monoisotopic (exact) mass is 345 g/mol. The van der Waals surface area contributed by atoms with Gasteiger partial charge in [0.1, 0.15) is 5.82 Å². The van der Waals surface area contributed by atoms with Gasteiger partial charge in [-0.15, -0.1) is 0 Å². The van der Waals surface area contributed by atoms with Gasteiger partial charge < -0.3 is 10.2 Å². The highest BCUT2D eigenvalue weighted by Crippen LogP contribution is 2.17. The maximum atomic E-state index is 12.3. The molecule has 132 valence electrons. The van der Waals surface area contributed by atoms with Crippen molar-refractivity contribution < 1.29 is 4.79 Å². The lowest BCUT2D eigenvalue weighted by atomic mass is 10.1. The van der Waals surface area contributed by atoms with Gasteiger partial charge in [-0.3, -0.25) is 4.79 Å². The Balaban J connectivity index is 1.68. The first-order chi connectivity index (χ1) is 12.7. The van der Waals surface area contributed by atoms with Crippen LogP contribution in [0.1, 0.15) is 28.4 Å². The van der Waals surface area contributed by atoms with Gasteiger partial charge in [-0.2, -0.15) is 0 Å². The zero-order valence-corrected chi connectivity index (χ0v) is 15.1. The summed E-state index contributed by atoms with van der Waals surface area (Å²) in [5.74, 6) is 0.768. The predicted octanol–water partition coefficient (Wildman–Crippen LogP) is 4.67. The van der Waals surface area contributed by atoms with Gasteiger partial charge in [0.2, 0.25) is 0 Å². The van der Waals surface area contributed by atoms with Crippen LogP contribution < -0.4 is 10.2 Å². The fourth-order valence-corrected chi connectivity index (χ4v) is 2.80. The standard InChI is InChI=1S/C22H23N3O/c1-3-25(16-18-9-5-4-6-10-18)21-13-12-20(15-23-21)24-22(26)19-11-7-8-17(2)14-19/h4-15H,3,16H2,1-2H3,(H,24,26). The van der Waals surface area contributed by atoms with Crippen molar-refractivity contribution in [2.45, 2.75) is 20.4 Å². The van der Waals surface area contributed by atoms with E-state index in [-0.39, 0.29) is 5.91 Å². The summed E-state index contributed by atoms with van der Waals surface area (Å²) in [6.45, 7) is 5.74. The van der Waals surface area contributed by atoms with Crippen molar-refractivity contribution in [3.63, 3.8) is 0 Å². The highest BCUT2D eigenvalue weighted by Gasteiger charge is 2.09. The topological polar surface area (TPSA) is 45.2 Å². The van der Waals surface area contributed by atoms with Crippen LogP contribution in [-0.2, 0) is 6.54 Å². The molecule has 0 bridgehead atoms. The zero-order chi connectivity index (χ0) is 18.4. The minimum atomic E-state index is -0.125. The number of pyridine rings is 1. The highest BCUT2D eigenvalue weighted by molar-refractivity contribution is 6.04. The van der Waals surface area contributed by atoms with Crippen molar-refractivity contribution >= 4 is 17.4 Å². The van der Waals surface area contributed by atoms with Crippen molar-refractivity contribution in [1.82, 2.24) is 4.98 Å². The molecule has 0 unspecified atom stereocenters. The first-order valence-electron chi connectivity index (χ1n) is 8.78. The number of aromatic nitrogens is 1. The van der Waals surface area contributed by atoms with Crippen LogP contribution in [0.2, 0.25) is 0 Å². The Morgan fingerprint density at radius 2 is 1.85 bits per heavy atom. The molecule has 26 heavy (non-hydrogen) atoms. The Bertz CT molecular complexity index is 860. The number of benzene rings is 2. The lowest BCUT2D eigenvalue weighted by Gasteiger charge is -2.22. The predicted molar refractivity (Wildman–Crippen MR) is 107 cm³/mol. The number of aryl methyl sites for hydroxylation is 1. The molecule has 0 saturated heterocycles. The lowest BCUT2D eigenvalue weighted by molar-refractivity contribution is 0.102. The van der Waals surface area contributed by atoms with Gasteiger partial charge in [0.25, 0.3) is 5.91 Å². The Kier molecular flexibility index (Phi) is 5.64. The normalized spacial score (nSPS) is 10.4. The average molecular weight is 345 g/mol. The third-order valence-corrected chi connectivity index (χ3v) is 4.21. The van der Waals surface area contributed by atoms with Crippen LogP contribution in [0, 0.1) is 6.92 Å². The van der Waals surface area contributed by atoms with Crippen LogP contribution in [-0.4, -0.2) is 17.4 Å². The minimum absolute atomic E-state index is 0.125. The third-order valence-electron chi connectivity index (χ3n) is 4.21. The van der Waals surface area contributed by atoms with E-state index in [2.05, 4.69) is 34.3 Å². The molecule has 3 aromatic rings. The smallest absolute Gasteiger partial charge is 0.255 e. The molecule has 0 aliphatic heterocycles. The second-order valence-electron chi connectivity index (χ2n) is 6.23. The van der Waals surface area contributed by atoms with E-state index < -0.39 is 0 Å². The summed E-state index contributed by atoms with van der Waals surface area (Å²) in [6.07, 6.45) is 1.71. The molecule has 3 rings (SSSR count). The van der Waals surface area contributed by atoms with E-state index in [9.17, 15) is 4.79 Å². The molecule has 1 N–H and O–H groups in total. The summed E-state index contributed by atoms with van der Waals surface area (Å²) in [5.41, 5.74) is 3.64. The van der Waals surface area contributed by atoms with Crippen LogP contribution in [0.25, 0.3) is 0 Å². The molecule has 0 spiro atoms. The maximum Gasteiger partial charge on any atom is 0.255 e. The average Bonchev–Trinajstić information content (AvgIpc) is 2.67. The van der Waals surface area contributed by atoms with Crippen LogP contribution in [0.5, 0.6) is 0 Å². The van der Waals surface area contributed by atoms with Crippen LogP contribution in [0.15, 0.2) is 72.9 Å². The first kappa shape index (κ1) is 17.7. The van der Waals surface area contributed by atoms with Crippen molar-refractivity contribution in [3.8, 4) is 0 Å². The molecule has 0 aliphatic carbocycles. The molecular formula is C22H23N3O. The molecule has 1 heterocycles. The number of carbonyl (C=O) groups excluding carboxylic acids is 1. The first-order valence-corrected chi connectivity index (χ1v) is 8.78. The van der Waals surface area contributed by atoms with E-state index in [1.165, 1.54) is 5.56 Å². The summed E-state index contributed by atoms with van der Waals surface area (Å²) in [6, 6.07) is 21.7. The van der Waals surface area contributed by atoms with Gasteiger partial charge in [0.05, 0.1) is 11.9 Å². The zero-order valence-electron chi connectivity index (χ0n) is 15.1. The summed E-state index contributed by atoms with van der Waals surface area (Å²) >= 11 is 0. The van der Waals surface area contributed by atoms with Gasteiger partial charge in [0, 0.05) is 18.7 Å². The molecule has 1 aromatic heterocycles. The summed E-state index contributed by atoms with van der Waals surface area (Å²) in [7, 11) is 0. The summed E-state index contributed by atoms with van der Waals surface area (Å²) in [4.78, 5) is 19.1. The fraction of sp³-hybridized carbons (Fsp3) is 0.182. The highest BCUT2D eigenvalue weighted by atomic mass is 16.1. The molecular weight excluding hydrogens is 322 g/mol. The fourth-order valence-electron chi connectivity index (χ4n) is 2.80. The second kappa shape index (κ2) is 8.30. The number of anilines is 2. The van der Waals surface area contributed by atoms with Gasteiger partial charge >= 0.3 is 0 Å². The van der Waals surface area contributed by atoms with E-state index in [0.717, 1.165) is 24.5 Å². The number of nitrogens with one attached hydrogen (secondary N) is 1. The molecule has 0 atom stereocenters. The Morgan fingerprint density at radius 1 is 1.04 bits per heavy atom. The number of carbonyl (C=O) groups is 1.